The SMILES string of the molecule is CCCN(C(=O)C1CNC(=O)C1)C1CCNC1.Cl. The van der Waals surface area contributed by atoms with Gasteiger partial charge in [-0.3, -0.25) is 9.59 Å². The third-order valence-electron chi connectivity index (χ3n) is 3.55. The van der Waals surface area contributed by atoms with Crippen LogP contribution in [0.15, 0.2) is 0 Å². The maximum Gasteiger partial charge on any atom is 0.228 e. The monoisotopic (exact) mass is 275 g/mol. The molecule has 2 aliphatic heterocycles. The first kappa shape index (κ1) is 15.2. The second kappa shape index (κ2) is 6.95. The number of nitrogens with one attached hydrogen (secondary N) is 2. The summed E-state index contributed by atoms with van der Waals surface area (Å²) in [4.78, 5) is 25.5. The highest BCUT2D eigenvalue weighted by Crippen LogP contribution is 2.17. The van der Waals surface area contributed by atoms with Gasteiger partial charge in [0.05, 0.1) is 5.92 Å². The van der Waals surface area contributed by atoms with Crippen LogP contribution in [0.1, 0.15) is 26.2 Å². The van der Waals surface area contributed by atoms with Gasteiger partial charge < -0.3 is 15.5 Å². The summed E-state index contributed by atoms with van der Waals surface area (Å²) in [5.41, 5.74) is 0. The summed E-state index contributed by atoms with van der Waals surface area (Å²) >= 11 is 0. The molecule has 2 saturated heterocycles. The average molecular weight is 276 g/mol. The molecule has 0 spiro atoms. The van der Waals surface area contributed by atoms with Crippen LogP contribution in [0, 0.1) is 5.92 Å². The van der Waals surface area contributed by atoms with Crippen LogP contribution in [0.25, 0.3) is 0 Å². The first-order valence-electron chi connectivity index (χ1n) is 6.50. The van der Waals surface area contributed by atoms with E-state index >= 15 is 0 Å². The Hall–Kier alpha value is -0.810. The molecule has 2 atom stereocenters. The summed E-state index contributed by atoms with van der Waals surface area (Å²) < 4.78 is 0. The largest absolute Gasteiger partial charge is 0.355 e. The minimum atomic E-state index is -0.144. The fraction of sp³-hybridized carbons (Fsp3) is 0.833. The molecule has 2 rings (SSSR count). The highest BCUT2D eigenvalue weighted by atomic mass is 35.5. The second-order valence-electron chi connectivity index (χ2n) is 4.88. The molecule has 18 heavy (non-hydrogen) atoms. The summed E-state index contributed by atoms with van der Waals surface area (Å²) in [7, 11) is 0. The van der Waals surface area contributed by atoms with Crippen LogP contribution in [-0.4, -0.2) is 48.9 Å². The lowest BCUT2D eigenvalue weighted by atomic mass is 10.0. The van der Waals surface area contributed by atoms with Gasteiger partial charge in [-0.15, -0.1) is 12.4 Å². The van der Waals surface area contributed by atoms with Crippen LogP contribution in [0.4, 0.5) is 0 Å². The van der Waals surface area contributed by atoms with E-state index in [1.807, 2.05) is 4.90 Å². The molecule has 0 saturated carbocycles. The molecular weight excluding hydrogens is 254 g/mol. The van der Waals surface area contributed by atoms with Gasteiger partial charge in [-0.1, -0.05) is 6.92 Å². The van der Waals surface area contributed by atoms with Crippen molar-refractivity contribution in [1.29, 1.82) is 0 Å². The molecule has 2 fully saturated rings. The van der Waals surface area contributed by atoms with Crippen molar-refractivity contribution in [2.45, 2.75) is 32.2 Å². The highest BCUT2D eigenvalue weighted by Gasteiger charge is 2.34. The van der Waals surface area contributed by atoms with E-state index in [0.717, 1.165) is 32.5 Å². The van der Waals surface area contributed by atoms with E-state index in [4.69, 9.17) is 0 Å². The average Bonchev–Trinajstić information content (AvgIpc) is 2.95. The molecule has 0 aromatic rings. The molecule has 6 heteroatoms. The summed E-state index contributed by atoms with van der Waals surface area (Å²) in [6.45, 7) is 5.27. The molecule has 0 aromatic heterocycles. The minimum Gasteiger partial charge on any atom is -0.355 e. The maximum atomic E-state index is 12.4. The number of nitrogens with zero attached hydrogens (tertiary/aromatic N) is 1. The highest BCUT2D eigenvalue weighted by molar-refractivity contribution is 5.89. The first-order chi connectivity index (χ1) is 8.22. The van der Waals surface area contributed by atoms with Crippen LogP contribution >= 0.6 is 12.4 Å². The normalized spacial score (nSPS) is 26.6. The van der Waals surface area contributed by atoms with Crippen LogP contribution in [0.3, 0.4) is 0 Å². The zero-order valence-electron chi connectivity index (χ0n) is 10.8. The predicted octanol–water partition coefficient (Wildman–Crippen LogP) is 0.145. The predicted molar refractivity (Wildman–Crippen MR) is 71.6 cm³/mol. The summed E-state index contributed by atoms with van der Waals surface area (Å²) in [6, 6.07) is 0.318. The number of rotatable bonds is 4. The Morgan fingerprint density at radius 3 is 2.72 bits per heavy atom. The van der Waals surface area contributed by atoms with Crippen molar-refractivity contribution in [2.24, 2.45) is 5.92 Å². The number of halogens is 1. The van der Waals surface area contributed by atoms with Gasteiger partial charge in [0.2, 0.25) is 11.8 Å². The van der Waals surface area contributed by atoms with Gasteiger partial charge in [0.15, 0.2) is 0 Å². The molecule has 0 radical (unpaired) electrons. The summed E-state index contributed by atoms with van der Waals surface area (Å²) in [5, 5.41) is 6.02. The fourth-order valence-electron chi connectivity index (χ4n) is 2.63. The van der Waals surface area contributed by atoms with Gasteiger partial charge in [-0.05, 0) is 19.4 Å². The molecule has 0 bridgehead atoms. The van der Waals surface area contributed by atoms with E-state index in [9.17, 15) is 9.59 Å². The smallest absolute Gasteiger partial charge is 0.228 e. The van der Waals surface area contributed by atoms with Gasteiger partial charge in [-0.2, -0.15) is 0 Å². The van der Waals surface area contributed by atoms with E-state index in [2.05, 4.69) is 17.6 Å². The third kappa shape index (κ3) is 3.36. The molecule has 2 N–H and O–H groups in total. The zero-order valence-corrected chi connectivity index (χ0v) is 11.6. The van der Waals surface area contributed by atoms with E-state index in [-0.39, 0.29) is 30.1 Å². The molecule has 2 amide bonds. The van der Waals surface area contributed by atoms with Crippen LogP contribution in [-0.2, 0) is 9.59 Å². The molecule has 2 unspecified atom stereocenters. The summed E-state index contributed by atoms with van der Waals surface area (Å²) in [5.74, 6) is 0.0119. The number of hydrogen-bond donors (Lipinski definition) is 2. The molecular formula is C12H22ClN3O2. The number of amides is 2. The van der Waals surface area contributed by atoms with E-state index in [1.165, 1.54) is 0 Å². The maximum absolute atomic E-state index is 12.4. The Balaban J connectivity index is 0.00000162. The van der Waals surface area contributed by atoms with Gasteiger partial charge >= 0.3 is 0 Å². The minimum absolute atomic E-state index is 0. The van der Waals surface area contributed by atoms with Crippen molar-refractivity contribution in [1.82, 2.24) is 15.5 Å². The Bertz CT molecular complexity index is 306. The Morgan fingerprint density at radius 1 is 1.44 bits per heavy atom. The summed E-state index contributed by atoms with van der Waals surface area (Å²) in [6.07, 6.45) is 2.36. The quantitative estimate of drug-likeness (QED) is 0.768. The second-order valence-corrected chi connectivity index (χ2v) is 4.88. The first-order valence-corrected chi connectivity index (χ1v) is 6.50. The van der Waals surface area contributed by atoms with Crippen molar-refractivity contribution in [3.05, 3.63) is 0 Å². The van der Waals surface area contributed by atoms with Crippen molar-refractivity contribution in [2.75, 3.05) is 26.2 Å². The number of carbonyl (C=O) groups excluding carboxylic acids is 2. The molecule has 0 aromatic carbocycles. The van der Waals surface area contributed by atoms with Crippen LogP contribution in [0.2, 0.25) is 0 Å². The fourth-order valence-corrected chi connectivity index (χ4v) is 2.63. The van der Waals surface area contributed by atoms with Gasteiger partial charge in [0.25, 0.3) is 0 Å². The number of hydrogen-bond acceptors (Lipinski definition) is 3. The van der Waals surface area contributed by atoms with Crippen LogP contribution < -0.4 is 10.6 Å². The van der Waals surface area contributed by atoms with Gasteiger partial charge in [0.1, 0.15) is 0 Å². The molecule has 5 nitrogen and oxygen atoms in total. The van der Waals surface area contributed by atoms with E-state index in [1.54, 1.807) is 0 Å². The van der Waals surface area contributed by atoms with E-state index < -0.39 is 0 Å². The topological polar surface area (TPSA) is 61.4 Å². The lowest BCUT2D eigenvalue weighted by Gasteiger charge is -2.30. The van der Waals surface area contributed by atoms with Crippen molar-refractivity contribution in [3.8, 4) is 0 Å². The number of carbonyl (C=O) groups is 2. The Kier molecular flexibility index (Phi) is 5.88. The molecule has 104 valence electrons. The Morgan fingerprint density at radius 2 is 2.22 bits per heavy atom. The zero-order chi connectivity index (χ0) is 12.3. The standard InChI is InChI=1S/C12H21N3O2.ClH/c1-2-5-15(10-3-4-13-8-10)12(17)9-6-11(16)14-7-9;/h9-10,13H,2-8H2,1H3,(H,14,16);1H. The Labute approximate surface area is 114 Å². The van der Waals surface area contributed by atoms with Crippen molar-refractivity contribution in [3.63, 3.8) is 0 Å². The van der Waals surface area contributed by atoms with E-state index in [0.29, 0.717) is 19.0 Å². The van der Waals surface area contributed by atoms with Crippen LogP contribution in [0.5, 0.6) is 0 Å². The van der Waals surface area contributed by atoms with Gasteiger partial charge in [-0.25, -0.2) is 0 Å². The molecule has 0 aliphatic carbocycles. The van der Waals surface area contributed by atoms with Crippen molar-refractivity contribution >= 4 is 24.2 Å². The van der Waals surface area contributed by atoms with Crippen molar-refractivity contribution < 1.29 is 9.59 Å². The molecule has 2 heterocycles. The lowest BCUT2D eigenvalue weighted by Crippen LogP contribution is -2.45. The third-order valence-corrected chi connectivity index (χ3v) is 3.55. The lowest BCUT2D eigenvalue weighted by molar-refractivity contribution is -0.137. The molecule has 2 aliphatic rings. The van der Waals surface area contributed by atoms with Gasteiger partial charge in [0, 0.05) is 32.1 Å².